The fourth-order valence-electron chi connectivity index (χ4n) is 7.00. The summed E-state index contributed by atoms with van der Waals surface area (Å²) in [5.74, 6) is -2.56. The van der Waals surface area contributed by atoms with E-state index in [0.717, 1.165) is 20.8 Å². The number of alkyl carbamates (subject to hydrolysis) is 1. The van der Waals surface area contributed by atoms with E-state index in [-0.39, 0.29) is 47.9 Å². The van der Waals surface area contributed by atoms with Crippen molar-refractivity contribution in [2.75, 3.05) is 6.61 Å². The van der Waals surface area contributed by atoms with E-state index in [1.807, 2.05) is 26.1 Å². The molecule has 54 heavy (non-hydrogen) atoms. The summed E-state index contributed by atoms with van der Waals surface area (Å²) in [4.78, 5) is 42.4. The molecule has 1 aliphatic heterocycles. The van der Waals surface area contributed by atoms with E-state index in [4.69, 9.17) is 27.1 Å². The minimum Gasteiger partial charge on any atom is -0.447 e. The standard InChI is InChI=1S/C35H37ClF6N8O3S/c1-18-25(54-17-45-18)20-8-9-32(5,24(37)13-20)34(15-31(2,3)4)28(51)49(29(43)47-34)23(14-53-30(52)48-33(10-11-33)35(40,41)42)19-6-7-21(36)22(12-19)50-27(26(38)39)44-16-46-50/h6-8,12-13,16-17,23,26H,9-11,14-15H2,1-5H3,(H2,43,47)(H,48,52)/t23-,32?,34+/m1/s1. The molecule has 11 nitrogen and oxygen atoms in total. The average Bonchev–Trinajstić information content (AvgIpc) is 3.37. The number of thiazole rings is 1. The summed E-state index contributed by atoms with van der Waals surface area (Å²) in [6.07, 6.45) is -5.88. The van der Waals surface area contributed by atoms with E-state index in [2.05, 4.69) is 15.1 Å². The first-order valence-corrected chi connectivity index (χ1v) is 18.1. The van der Waals surface area contributed by atoms with Crippen molar-refractivity contribution in [1.82, 2.24) is 30.0 Å². The molecule has 1 unspecified atom stereocenters. The number of hydrogen-bond acceptors (Lipinski definition) is 9. The molecule has 1 saturated carbocycles. The molecule has 2 amide bonds. The highest BCUT2D eigenvalue weighted by atomic mass is 35.5. The Bertz CT molecular complexity index is 2070. The minimum absolute atomic E-state index is 0.0126. The smallest absolute Gasteiger partial charge is 0.411 e. The molecule has 3 N–H and O–H groups in total. The zero-order valence-corrected chi connectivity index (χ0v) is 31.3. The predicted molar refractivity (Wildman–Crippen MR) is 189 cm³/mol. The molecule has 1 aromatic carbocycles. The van der Waals surface area contributed by atoms with Gasteiger partial charge in [0.25, 0.3) is 12.3 Å². The lowest BCUT2D eigenvalue weighted by molar-refractivity contribution is -0.164. The molecule has 3 aromatic rings. The second-order valence-electron chi connectivity index (χ2n) is 15.1. The van der Waals surface area contributed by atoms with E-state index in [9.17, 15) is 26.7 Å². The highest BCUT2D eigenvalue weighted by Crippen LogP contribution is 2.56. The monoisotopic (exact) mass is 798 g/mol. The highest BCUT2D eigenvalue weighted by Gasteiger charge is 2.65. The predicted octanol–water partition coefficient (Wildman–Crippen LogP) is 8.16. The van der Waals surface area contributed by atoms with Crippen molar-refractivity contribution in [1.29, 1.82) is 0 Å². The van der Waals surface area contributed by atoms with Crippen molar-refractivity contribution in [3.8, 4) is 5.69 Å². The number of nitrogens with zero attached hydrogens (tertiary/aromatic N) is 6. The van der Waals surface area contributed by atoms with Gasteiger partial charge in [-0.25, -0.2) is 37.6 Å². The van der Waals surface area contributed by atoms with Gasteiger partial charge in [-0.3, -0.25) is 9.69 Å². The van der Waals surface area contributed by atoms with Gasteiger partial charge in [0.15, 0.2) is 17.3 Å². The van der Waals surface area contributed by atoms with E-state index in [1.165, 1.54) is 35.6 Å². The maximum atomic E-state index is 16.8. The van der Waals surface area contributed by atoms with Gasteiger partial charge >= 0.3 is 12.3 Å². The number of guanidine groups is 1. The number of carbonyl (C=O) groups is 2. The molecule has 0 saturated heterocycles. The number of ether oxygens (including phenoxy) is 1. The van der Waals surface area contributed by atoms with Crippen LogP contribution in [0.1, 0.15) is 87.8 Å². The summed E-state index contributed by atoms with van der Waals surface area (Å²) in [6, 6.07) is 2.57. The number of aromatic nitrogens is 4. The first kappa shape index (κ1) is 39.2. The summed E-state index contributed by atoms with van der Waals surface area (Å²) >= 11 is 7.77. The minimum atomic E-state index is -4.74. The molecule has 1 fully saturated rings. The topological polar surface area (TPSA) is 141 Å². The van der Waals surface area contributed by atoms with Gasteiger partial charge in [-0.05, 0) is 67.4 Å². The first-order valence-electron chi connectivity index (χ1n) is 16.8. The molecule has 19 heteroatoms. The molecule has 0 radical (unpaired) electrons. The quantitative estimate of drug-likeness (QED) is 0.197. The molecule has 3 aliphatic rings. The van der Waals surface area contributed by atoms with E-state index >= 15 is 9.18 Å². The molecule has 0 bridgehead atoms. The summed E-state index contributed by atoms with van der Waals surface area (Å²) < 4.78 is 91.7. The summed E-state index contributed by atoms with van der Waals surface area (Å²) in [5.41, 5.74) is 2.94. The van der Waals surface area contributed by atoms with Crippen LogP contribution in [0.4, 0.5) is 31.1 Å². The van der Waals surface area contributed by atoms with Gasteiger partial charge in [-0.1, -0.05) is 51.4 Å². The lowest BCUT2D eigenvalue weighted by Gasteiger charge is -2.46. The summed E-state index contributed by atoms with van der Waals surface area (Å²) in [7, 11) is 0. The molecule has 0 spiro atoms. The van der Waals surface area contributed by atoms with Crippen LogP contribution in [0.2, 0.25) is 5.02 Å². The SMILES string of the molecule is Cc1ncsc1C1=CCC(C)([C@@]2(CC(C)(C)C)N=C(N)N([C@H](COC(=O)NC3(C(F)(F)F)CC3)c3ccc(Cl)c(-n4ncnc4C(F)F)c3)C2=O)C(F)=C1. The number of nitrogens with two attached hydrogens (primary N) is 1. The molecule has 6 rings (SSSR count). The Kier molecular flexibility index (Phi) is 9.95. The zero-order valence-electron chi connectivity index (χ0n) is 29.8. The molecule has 3 heterocycles. The van der Waals surface area contributed by atoms with Crippen molar-refractivity contribution >= 4 is 46.5 Å². The van der Waals surface area contributed by atoms with Crippen LogP contribution in [0, 0.1) is 17.8 Å². The van der Waals surface area contributed by atoms with Crippen LogP contribution in [0.5, 0.6) is 0 Å². The lowest BCUT2D eigenvalue weighted by Crippen LogP contribution is -2.56. The highest BCUT2D eigenvalue weighted by molar-refractivity contribution is 7.11. The number of benzene rings is 1. The Morgan fingerprint density at radius 1 is 1.19 bits per heavy atom. The van der Waals surface area contributed by atoms with Gasteiger partial charge in [0, 0.05) is 0 Å². The third kappa shape index (κ3) is 6.86. The molecule has 290 valence electrons. The fraction of sp³-hybridized carbons (Fsp3) is 0.486. The number of amides is 2. The fourth-order valence-corrected chi connectivity index (χ4v) is 8.02. The maximum absolute atomic E-state index is 16.8. The second-order valence-corrected chi connectivity index (χ2v) is 16.3. The number of nitrogens with one attached hydrogen (secondary N) is 1. The van der Waals surface area contributed by atoms with Crippen LogP contribution in [0.3, 0.4) is 0 Å². The number of carbonyl (C=O) groups excluding carboxylic acids is 2. The van der Waals surface area contributed by atoms with E-state index in [0.29, 0.717) is 11.3 Å². The Balaban J connectivity index is 1.43. The first-order chi connectivity index (χ1) is 25.1. The van der Waals surface area contributed by atoms with Gasteiger partial charge in [0.1, 0.15) is 24.3 Å². The second kappa shape index (κ2) is 13.7. The molecule has 2 aliphatic carbocycles. The van der Waals surface area contributed by atoms with Gasteiger partial charge in [-0.15, -0.1) is 11.3 Å². The van der Waals surface area contributed by atoms with Crippen LogP contribution >= 0.6 is 22.9 Å². The number of aliphatic imine (C=N–C) groups is 1. The van der Waals surface area contributed by atoms with Crippen molar-refractivity contribution in [3.05, 3.63) is 75.0 Å². The van der Waals surface area contributed by atoms with Crippen LogP contribution in [-0.4, -0.2) is 66.5 Å². The van der Waals surface area contributed by atoms with Crippen molar-refractivity contribution < 1.29 is 40.7 Å². The van der Waals surface area contributed by atoms with Crippen LogP contribution in [-0.2, 0) is 9.53 Å². The van der Waals surface area contributed by atoms with Crippen LogP contribution in [0.15, 0.2) is 53.0 Å². The molecular formula is C35H37ClF6N8O3S. The summed E-state index contributed by atoms with van der Waals surface area (Å²) in [5, 5.41) is 5.69. The van der Waals surface area contributed by atoms with Gasteiger partial charge < -0.3 is 15.8 Å². The molecular weight excluding hydrogens is 762 g/mol. The van der Waals surface area contributed by atoms with Crippen molar-refractivity contribution in [2.45, 2.75) is 90.0 Å². The van der Waals surface area contributed by atoms with Gasteiger partial charge in [0.2, 0.25) is 0 Å². The Labute approximate surface area is 315 Å². The lowest BCUT2D eigenvalue weighted by atomic mass is 9.60. The van der Waals surface area contributed by atoms with E-state index in [1.54, 1.807) is 25.4 Å². The average molecular weight is 799 g/mol. The largest absolute Gasteiger partial charge is 0.447 e. The van der Waals surface area contributed by atoms with Crippen LogP contribution < -0.4 is 11.1 Å². The Morgan fingerprint density at radius 3 is 2.46 bits per heavy atom. The Hall–Kier alpha value is -4.45. The molecule has 3 atom stereocenters. The third-order valence-electron chi connectivity index (χ3n) is 10.0. The number of hydrogen-bond donors (Lipinski definition) is 2. The zero-order chi connectivity index (χ0) is 39.6. The number of halogens is 7. The van der Waals surface area contributed by atoms with Crippen LogP contribution in [0.25, 0.3) is 11.3 Å². The van der Waals surface area contributed by atoms with Crippen molar-refractivity contribution in [2.24, 2.45) is 21.6 Å². The molecule has 2 aromatic heterocycles. The van der Waals surface area contributed by atoms with Gasteiger partial charge in [0.05, 0.1) is 38.2 Å². The Morgan fingerprint density at radius 2 is 1.89 bits per heavy atom. The number of alkyl halides is 5. The normalized spacial score (nSPS) is 23.2. The van der Waals surface area contributed by atoms with Gasteiger partial charge in [-0.2, -0.15) is 18.3 Å². The number of allylic oxidation sites excluding steroid dienone is 3. The van der Waals surface area contributed by atoms with E-state index < -0.39 is 70.8 Å². The summed E-state index contributed by atoms with van der Waals surface area (Å²) in [6.45, 7) is 8.11. The number of rotatable bonds is 10. The van der Waals surface area contributed by atoms with Crippen molar-refractivity contribution in [3.63, 3.8) is 0 Å². The number of aryl methyl sites for hydroxylation is 1. The maximum Gasteiger partial charge on any atom is 0.411 e. The third-order valence-corrected chi connectivity index (χ3v) is 11.3.